The van der Waals surface area contributed by atoms with Crippen molar-refractivity contribution in [1.82, 2.24) is 0 Å². The van der Waals surface area contributed by atoms with Gasteiger partial charge in [0, 0.05) is 6.21 Å². The summed E-state index contributed by atoms with van der Waals surface area (Å²) < 4.78 is 34.7. The van der Waals surface area contributed by atoms with Crippen LogP contribution in [0.5, 0.6) is 0 Å². The van der Waals surface area contributed by atoms with Crippen LogP contribution in [0.15, 0.2) is 10.1 Å². The number of rotatable bonds is 0. The average molecular weight is 153 g/mol. The summed E-state index contributed by atoms with van der Waals surface area (Å²) in [4.78, 5) is 2.89. The Labute approximate surface area is 55.4 Å². The lowest BCUT2D eigenvalue weighted by Gasteiger charge is -2.01. The van der Waals surface area contributed by atoms with Crippen LogP contribution in [0.2, 0.25) is 0 Å². The molecule has 0 aliphatic rings. The maximum atomic E-state index is 11.6. The highest BCUT2D eigenvalue weighted by atomic mass is 19.4. The Kier molecular flexibility index (Phi) is 2.85. The highest BCUT2D eigenvalue weighted by molar-refractivity contribution is 5.93. The lowest BCUT2D eigenvalue weighted by molar-refractivity contribution is -0.0598. The van der Waals surface area contributed by atoms with E-state index in [4.69, 9.17) is 0 Å². The van der Waals surface area contributed by atoms with Crippen molar-refractivity contribution >= 4 is 12.1 Å². The van der Waals surface area contributed by atoms with Gasteiger partial charge in [-0.3, -0.25) is 0 Å². The number of hydrazone groups is 1. The quantitative estimate of drug-likeness (QED) is 0.239. The van der Waals surface area contributed by atoms with Gasteiger partial charge in [-0.2, -0.15) is 18.3 Å². The number of nitrogens with zero attached hydrogens (tertiary/aromatic N) is 2. The third-order valence-corrected chi connectivity index (χ3v) is 0.627. The number of halogens is 3. The summed E-state index contributed by atoms with van der Waals surface area (Å²) in [6, 6.07) is 0. The Balaban J connectivity index is 4.39. The molecule has 3 nitrogen and oxygen atoms in total. The van der Waals surface area contributed by atoms with E-state index in [1.54, 1.807) is 0 Å². The monoisotopic (exact) mass is 153 g/mol. The number of alkyl halides is 3. The highest BCUT2D eigenvalue weighted by Crippen LogP contribution is 2.16. The molecule has 0 aliphatic heterocycles. The number of hydrogen-bond acceptors (Lipinski definition) is 2. The SMILES string of the molecule is C/C=N\C(=N/N)C(F)(F)F. The number of aliphatic imine (C=N–C) groups is 1. The third-order valence-electron chi connectivity index (χ3n) is 0.627. The zero-order valence-electron chi connectivity index (χ0n) is 5.18. The van der Waals surface area contributed by atoms with Crippen LogP contribution in [0.4, 0.5) is 13.2 Å². The molecule has 0 heterocycles. The van der Waals surface area contributed by atoms with Crippen LogP contribution >= 0.6 is 0 Å². The van der Waals surface area contributed by atoms with Crippen LogP contribution in [0.3, 0.4) is 0 Å². The maximum absolute atomic E-state index is 11.6. The summed E-state index contributed by atoms with van der Waals surface area (Å²) in [7, 11) is 0. The third kappa shape index (κ3) is 2.47. The van der Waals surface area contributed by atoms with E-state index in [1.165, 1.54) is 6.92 Å². The second-order valence-corrected chi connectivity index (χ2v) is 1.34. The van der Waals surface area contributed by atoms with Crippen molar-refractivity contribution in [3.8, 4) is 0 Å². The molecular weight excluding hydrogens is 147 g/mol. The Morgan fingerprint density at radius 2 is 2.00 bits per heavy atom. The molecule has 6 heteroatoms. The van der Waals surface area contributed by atoms with Gasteiger partial charge in [-0.25, -0.2) is 4.99 Å². The predicted octanol–water partition coefficient (Wildman–Crippen LogP) is 0.912. The first kappa shape index (κ1) is 8.93. The molecular formula is C4H6F3N3. The zero-order valence-corrected chi connectivity index (χ0v) is 5.18. The lowest BCUT2D eigenvalue weighted by atomic mass is 10.6. The van der Waals surface area contributed by atoms with Crippen molar-refractivity contribution in [1.29, 1.82) is 0 Å². The van der Waals surface area contributed by atoms with Crippen molar-refractivity contribution in [3.05, 3.63) is 0 Å². The largest absolute Gasteiger partial charge is 0.453 e. The molecule has 0 rings (SSSR count). The first-order valence-electron chi connectivity index (χ1n) is 2.36. The van der Waals surface area contributed by atoms with Crippen LogP contribution in [-0.2, 0) is 0 Å². The Hall–Kier alpha value is -1.07. The molecule has 0 atom stereocenters. The molecule has 0 radical (unpaired) electrons. The van der Waals surface area contributed by atoms with Gasteiger partial charge in [0.2, 0.25) is 0 Å². The molecule has 0 saturated carbocycles. The zero-order chi connectivity index (χ0) is 8.20. The van der Waals surface area contributed by atoms with Crippen LogP contribution in [0, 0.1) is 0 Å². The minimum Gasteiger partial charge on any atom is -0.321 e. The van der Waals surface area contributed by atoms with Gasteiger partial charge in [-0.1, -0.05) is 0 Å². The molecule has 0 saturated heterocycles. The fraction of sp³-hybridized carbons (Fsp3) is 0.500. The van der Waals surface area contributed by atoms with Gasteiger partial charge in [0.05, 0.1) is 0 Å². The first-order valence-corrected chi connectivity index (χ1v) is 2.36. The fourth-order valence-electron chi connectivity index (χ4n) is 0.302. The summed E-state index contributed by atoms with van der Waals surface area (Å²) >= 11 is 0. The van der Waals surface area contributed by atoms with E-state index in [9.17, 15) is 13.2 Å². The Morgan fingerprint density at radius 3 is 2.10 bits per heavy atom. The summed E-state index contributed by atoms with van der Waals surface area (Å²) in [5, 5.41) is 2.44. The van der Waals surface area contributed by atoms with Crippen molar-refractivity contribution in [2.75, 3.05) is 0 Å². The number of amidine groups is 1. The summed E-state index contributed by atoms with van der Waals surface area (Å²) in [6.07, 6.45) is -3.58. The molecule has 0 spiro atoms. The molecule has 0 aliphatic carbocycles. The van der Waals surface area contributed by atoms with Gasteiger partial charge in [-0.05, 0) is 6.92 Å². The fourth-order valence-corrected chi connectivity index (χ4v) is 0.302. The van der Waals surface area contributed by atoms with Gasteiger partial charge in [0.25, 0.3) is 5.84 Å². The molecule has 0 aromatic carbocycles. The van der Waals surface area contributed by atoms with Crippen LogP contribution < -0.4 is 5.84 Å². The van der Waals surface area contributed by atoms with Gasteiger partial charge in [-0.15, -0.1) is 0 Å². The summed E-state index contributed by atoms with van der Waals surface area (Å²) in [5.74, 6) is 3.08. The second kappa shape index (κ2) is 3.19. The van der Waals surface area contributed by atoms with E-state index in [2.05, 4.69) is 15.9 Å². The summed E-state index contributed by atoms with van der Waals surface area (Å²) in [5.41, 5.74) is 0. The molecule has 2 N–H and O–H groups in total. The highest BCUT2D eigenvalue weighted by Gasteiger charge is 2.35. The van der Waals surface area contributed by atoms with E-state index in [0.29, 0.717) is 0 Å². The van der Waals surface area contributed by atoms with Gasteiger partial charge in [0.15, 0.2) is 0 Å². The maximum Gasteiger partial charge on any atom is 0.453 e. The van der Waals surface area contributed by atoms with Crippen molar-refractivity contribution in [2.24, 2.45) is 15.9 Å². The van der Waals surface area contributed by atoms with Crippen LogP contribution in [-0.4, -0.2) is 18.2 Å². The summed E-state index contributed by atoms with van der Waals surface area (Å²) in [6.45, 7) is 1.34. The van der Waals surface area contributed by atoms with E-state index >= 15 is 0 Å². The lowest BCUT2D eigenvalue weighted by Crippen LogP contribution is -2.22. The first-order chi connectivity index (χ1) is 4.52. The topological polar surface area (TPSA) is 50.7 Å². The van der Waals surface area contributed by atoms with E-state index < -0.39 is 12.0 Å². The standard InChI is InChI=1S/C4H6F3N3/c1-2-9-3(10-8)4(5,6)7/h2H,8H2,1H3/b9-2-,10-3-. The molecule has 58 valence electrons. The Morgan fingerprint density at radius 1 is 1.50 bits per heavy atom. The predicted molar refractivity (Wildman–Crippen MR) is 31.8 cm³/mol. The van der Waals surface area contributed by atoms with Crippen molar-refractivity contribution in [3.63, 3.8) is 0 Å². The number of hydrogen-bond donors (Lipinski definition) is 1. The van der Waals surface area contributed by atoms with Crippen LogP contribution in [0.25, 0.3) is 0 Å². The second-order valence-electron chi connectivity index (χ2n) is 1.34. The van der Waals surface area contributed by atoms with Gasteiger partial charge < -0.3 is 5.84 Å². The molecule has 0 bridgehead atoms. The van der Waals surface area contributed by atoms with E-state index in [0.717, 1.165) is 6.21 Å². The van der Waals surface area contributed by atoms with Gasteiger partial charge >= 0.3 is 6.18 Å². The minimum atomic E-state index is -4.55. The van der Waals surface area contributed by atoms with Crippen LogP contribution in [0.1, 0.15) is 6.92 Å². The van der Waals surface area contributed by atoms with Crippen molar-refractivity contribution < 1.29 is 13.2 Å². The van der Waals surface area contributed by atoms with Crippen molar-refractivity contribution in [2.45, 2.75) is 13.1 Å². The number of nitrogens with two attached hydrogens (primary N) is 1. The molecule has 0 unspecified atom stereocenters. The normalized spacial score (nSPS) is 14.6. The van der Waals surface area contributed by atoms with Gasteiger partial charge in [0.1, 0.15) is 0 Å². The Bertz CT molecular complexity index is 158. The molecule has 10 heavy (non-hydrogen) atoms. The molecule has 0 aromatic rings. The molecule has 0 fully saturated rings. The average Bonchev–Trinajstić information content (AvgIpc) is 1.80. The molecule has 0 aromatic heterocycles. The smallest absolute Gasteiger partial charge is 0.321 e. The minimum absolute atomic E-state index is 0.971. The van der Waals surface area contributed by atoms with E-state index in [-0.39, 0.29) is 0 Å². The molecule has 0 amide bonds. The van der Waals surface area contributed by atoms with E-state index in [1.807, 2.05) is 0 Å².